The van der Waals surface area contributed by atoms with Crippen LogP contribution in [-0.4, -0.2) is 32.7 Å². The molecule has 1 atom stereocenters. The number of aromatic nitrogens is 2. The number of halogens is 2. The first-order valence-corrected chi connectivity index (χ1v) is 11.2. The van der Waals surface area contributed by atoms with Gasteiger partial charge >= 0.3 is 0 Å². The fourth-order valence-corrected chi connectivity index (χ4v) is 4.42. The lowest BCUT2D eigenvalue weighted by Crippen LogP contribution is -2.29. The van der Waals surface area contributed by atoms with Crippen molar-refractivity contribution in [1.82, 2.24) is 15.1 Å². The Morgan fingerprint density at radius 2 is 1.85 bits per heavy atom. The molecule has 1 aliphatic heterocycles. The molecule has 2 heterocycles. The van der Waals surface area contributed by atoms with E-state index in [1.165, 1.54) is 12.1 Å². The van der Waals surface area contributed by atoms with Gasteiger partial charge < -0.3 is 14.7 Å². The van der Waals surface area contributed by atoms with Crippen molar-refractivity contribution in [3.63, 3.8) is 0 Å². The highest BCUT2D eigenvalue weighted by Gasteiger charge is 2.42. The molecule has 0 spiro atoms. The Kier molecular flexibility index (Phi) is 5.71. The van der Waals surface area contributed by atoms with Crippen molar-refractivity contribution in [2.45, 2.75) is 19.5 Å². The van der Waals surface area contributed by atoms with E-state index in [2.05, 4.69) is 10.2 Å². The lowest BCUT2D eigenvalue weighted by molar-refractivity contribution is 0.0730. The molecule has 0 saturated heterocycles. The minimum Gasteiger partial charge on any atom is -0.504 e. The average molecular weight is 478 g/mol. The van der Waals surface area contributed by atoms with Crippen LogP contribution >= 0.6 is 11.6 Å². The van der Waals surface area contributed by atoms with Crippen molar-refractivity contribution in [1.29, 1.82) is 0 Å². The molecular weight excluding hydrogens is 457 g/mol. The normalized spacial score (nSPS) is 15.0. The molecule has 0 aliphatic carbocycles. The van der Waals surface area contributed by atoms with E-state index in [0.29, 0.717) is 28.8 Å². The second-order valence-electron chi connectivity index (χ2n) is 7.99. The Morgan fingerprint density at radius 3 is 2.56 bits per heavy atom. The largest absolute Gasteiger partial charge is 0.504 e. The van der Waals surface area contributed by atoms with Gasteiger partial charge in [-0.1, -0.05) is 41.9 Å². The Hall–Kier alpha value is -3.84. The van der Waals surface area contributed by atoms with Crippen LogP contribution < -0.4 is 4.74 Å². The number of rotatable bonds is 6. The minimum atomic E-state index is -0.503. The van der Waals surface area contributed by atoms with Gasteiger partial charge in [0.25, 0.3) is 5.91 Å². The van der Waals surface area contributed by atoms with Crippen molar-refractivity contribution in [3.8, 4) is 22.8 Å². The number of carbonyl (C=O) groups is 1. The number of H-pyrrole nitrogens is 1. The van der Waals surface area contributed by atoms with Crippen LogP contribution in [0.4, 0.5) is 4.39 Å². The van der Waals surface area contributed by atoms with Gasteiger partial charge in [-0.25, -0.2) is 4.39 Å². The lowest BCUT2D eigenvalue weighted by atomic mass is 9.95. The van der Waals surface area contributed by atoms with Crippen LogP contribution in [0.5, 0.6) is 11.5 Å². The molecule has 8 heteroatoms. The number of aromatic amines is 1. The van der Waals surface area contributed by atoms with Gasteiger partial charge in [0.15, 0.2) is 11.5 Å². The van der Waals surface area contributed by atoms with Gasteiger partial charge in [-0.15, -0.1) is 0 Å². The molecule has 5 rings (SSSR count). The first-order valence-electron chi connectivity index (χ1n) is 10.8. The molecule has 6 nitrogen and oxygen atoms in total. The zero-order valence-electron chi connectivity index (χ0n) is 18.3. The number of benzene rings is 3. The van der Waals surface area contributed by atoms with E-state index >= 15 is 0 Å². The summed E-state index contributed by atoms with van der Waals surface area (Å²) in [6.07, 6.45) is 0. The van der Waals surface area contributed by atoms with Crippen LogP contribution in [0.1, 0.15) is 40.1 Å². The van der Waals surface area contributed by atoms with Gasteiger partial charge in [-0.3, -0.25) is 9.89 Å². The van der Waals surface area contributed by atoms with Crippen LogP contribution in [0.25, 0.3) is 11.3 Å². The molecule has 0 bridgehead atoms. The number of hydrogen-bond acceptors (Lipinski definition) is 4. The third-order valence-electron chi connectivity index (χ3n) is 5.85. The van der Waals surface area contributed by atoms with E-state index < -0.39 is 6.04 Å². The van der Waals surface area contributed by atoms with E-state index in [0.717, 1.165) is 22.3 Å². The zero-order chi connectivity index (χ0) is 23.8. The molecular formula is C26H21ClFN3O3. The summed E-state index contributed by atoms with van der Waals surface area (Å²) in [4.78, 5) is 15.2. The number of nitrogens with zero attached hydrogens (tertiary/aromatic N) is 2. The summed E-state index contributed by atoms with van der Waals surface area (Å²) in [6, 6.07) is 17.9. The van der Waals surface area contributed by atoms with Crippen LogP contribution in [0.2, 0.25) is 5.02 Å². The fraction of sp³-hybridized carbons (Fsp3) is 0.154. The predicted molar refractivity (Wildman–Crippen MR) is 126 cm³/mol. The Labute approximate surface area is 200 Å². The summed E-state index contributed by atoms with van der Waals surface area (Å²) in [5, 5.41) is 18.2. The van der Waals surface area contributed by atoms with Gasteiger partial charge in [0.1, 0.15) is 11.5 Å². The molecule has 1 aromatic heterocycles. The number of fused-ring (bicyclic) bond motifs is 1. The zero-order valence-corrected chi connectivity index (χ0v) is 19.0. The van der Waals surface area contributed by atoms with Gasteiger partial charge in [0, 0.05) is 22.7 Å². The Bertz CT molecular complexity index is 1350. The Morgan fingerprint density at radius 1 is 1.12 bits per heavy atom. The maximum atomic E-state index is 13.5. The fourth-order valence-electron chi connectivity index (χ4n) is 4.29. The third-order valence-corrected chi connectivity index (χ3v) is 6.10. The second-order valence-corrected chi connectivity index (χ2v) is 8.43. The molecule has 3 aromatic carbocycles. The topological polar surface area (TPSA) is 78.5 Å². The minimum absolute atomic E-state index is 0.0188. The summed E-state index contributed by atoms with van der Waals surface area (Å²) in [5.74, 6) is -0.208. The van der Waals surface area contributed by atoms with Crippen LogP contribution in [0.3, 0.4) is 0 Å². The molecule has 0 saturated carbocycles. The SMILES string of the molecule is CCOc1cc(C2c3c(-c4ccc(Cl)cc4)n[nH]c3C(=O)N2Cc2ccc(F)cc2)ccc1O. The third kappa shape index (κ3) is 3.88. The summed E-state index contributed by atoms with van der Waals surface area (Å²) < 4.78 is 19.1. The molecule has 0 fully saturated rings. The number of hydrogen-bond donors (Lipinski definition) is 2. The summed E-state index contributed by atoms with van der Waals surface area (Å²) in [5.41, 5.74) is 4.11. The second kappa shape index (κ2) is 8.83. The summed E-state index contributed by atoms with van der Waals surface area (Å²) in [6.45, 7) is 2.48. The number of amides is 1. The molecule has 1 unspecified atom stereocenters. The van der Waals surface area contributed by atoms with Crippen LogP contribution in [0.15, 0.2) is 66.7 Å². The average Bonchev–Trinajstić information content (AvgIpc) is 3.37. The van der Waals surface area contributed by atoms with Gasteiger partial charge in [0.2, 0.25) is 0 Å². The highest BCUT2D eigenvalue weighted by atomic mass is 35.5. The molecule has 1 amide bonds. The molecule has 34 heavy (non-hydrogen) atoms. The molecule has 2 N–H and O–H groups in total. The highest BCUT2D eigenvalue weighted by Crippen LogP contribution is 2.45. The summed E-state index contributed by atoms with van der Waals surface area (Å²) in [7, 11) is 0. The lowest BCUT2D eigenvalue weighted by Gasteiger charge is -2.27. The van der Waals surface area contributed by atoms with Crippen LogP contribution in [-0.2, 0) is 6.54 Å². The first-order chi connectivity index (χ1) is 16.5. The van der Waals surface area contributed by atoms with Gasteiger partial charge in [-0.05, 0) is 54.4 Å². The van der Waals surface area contributed by atoms with Crippen molar-refractivity contribution in [3.05, 3.63) is 100.0 Å². The first kappa shape index (κ1) is 22.0. The number of aromatic hydroxyl groups is 1. The molecule has 172 valence electrons. The van der Waals surface area contributed by atoms with Gasteiger partial charge in [-0.2, -0.15) is 5.10 Å². The molecule has 0 radical (unpaired) electrons. The van der Waals surface area contributed by atoms with Crippen molar-refractivity contribution < 1.29 is 19.0 Å². The van der Waals surface area contributed by atoms with Gasteiger partial charge in [0.05, 0.1) is 18.3 Å². The number of nitrogens with one attached hydrogen (secondary N) is 1. The highest BCUT2D eigenvalue weighted by molar-refractivity contribution is 6.30. The monoisotopic (exact) mass is 477 g/mol. The Balaban J connectivity index is 1.65. The number of phenolic OH excluding ortho intramolecular Hbond substituents is 1. The van der Waals surface area contributed by atoms with Crippen LogP contribution in [0, 0.1) is 5.82 Å². The smallest absolute Gasteiger partial charge is 0.273 e. The van der Waals surface area contributed by atoms with Crippen molar-refractivity contribution in [2.24, 2.45) is 0 Å². The van der Waals surface area contributed by atoms with E-state index in [4.69, 9.17) is 16.3 Å². The standard InChI is InChI=1S/C26H21ClFN3O3/c1-2-34-21-13-17(7-12-20(21)32)25-22-23(16-5-8-18(27)9-6-16)29-30-24(22)26(33)31(25)14-15-3-10-19(28)11-4-15/h3-13,25,32H,2,14H2,1H3,(H,29,30). The van der Waals surface area contributed by atoms with Crippen molar-refractivity contribution >= 4 is 17.5 Å². The number of phenols is 1. The number of carbonyl (C=O) groups excluding carboxylic acids is 1. The van der Waals surface area contributed by atoms with Crippen molar-refractivity contribution in [2.75, 3.05) is 6.61 Å². The number of ether oxygens (including phenoxy) is 1. The maximum Gasteiger partial charge on any atom is 0.273 e. The van der Waals surface area contributed by atoms with E-state index in [1.807, 2.05) is 19.1 Å². The van der Waals surface area contributed by atoms with E-state index in [9.17, 15) is 14.3 Å². The van der Waals surface area contributed by atoms with E-state index in [1.54, 1.807) is 47.4 Å². The molecule has 1 aliphatic rings. The predicted octanol–water partition coefficient (Wildman–Crippen LogP) is 5.72. The maximum absolute atomic E-state index is 13.5. The summed E-state index contributed by atoms with van der Waals surface area (Å²) >= 11 is 6.07. The van der Waals surface area contributed by atoms with E-state index in [-0.39, 0.29) is 24.0 Å². The molecule has 4 aromatic rings. The quantitative estimate of drug-likeness (QED) is 0.372.